The minimum atomic E-state index is -3.69. The van der Waals surface area contributed by atoms with Gasteiger partial charge in [0.25, 0.3) is 0 Å². The van der Waals surface area contributed by atoms with Gasteiger partial charge in [-0.15, -0.1) is 0 Å². The summed E-state index contributed by atoms with van der Waals surface area (Å²) in [6, 6.07) is 0. The van der Waals surface area contributed by atoms with Crippen molar-refractivity contribution in [2.75, 3.05) is 20.3 Å². The maximum Gasteiger partial charge on any atom is 0.361 e. The van der Waals surface area contributed by atoms with Crippen molar-refractivity contribution in [1.29, 1.82) is 0 Å². The maximum absolute atomic E-state index is 12.2. The van der Waals surface area contributed by atoms with Gasteiger partial charge in [0.2, 0.25) is 5.28 Å². The van der Waals surface area contributed by atoms with Crippen LogP contribution in [0.4, 0.5) is 0 Å². The molecule has 0 heterocycles. The van der Waals surface area contributed by atoms with Crippen LogP contribution in [-0.4, -0.2) is 31.6 Å². The van der Waals surface area contributed by atoms with Crippen LogP contribution in [0.15, 0.2) is 0 Å². The molecule has 0 aliphatic carbocycles. The molecule has 0 fully saturated rings. The molecule has 0 amide bonds. The largest absolute Gasteiger partial charge is 0.467 e. The average molecular weight is 239 g/mol. The average Bonchev–Trinajstić information content (AvgIpc) is 2.17. The predicted octanol–water partition coefficient (Wildman–Crippen LogP) is 1.10. The minimum absolute atomic E-state index is 0.140. The first-order valence-electron chi connectivity index (χ1n) is 4.62. The first kappa shape index (κ1) is 14.6. The fourth-order valence-corrected chi connectivity index (χ4v) is 2.57. The van der Waals surface area contributed by atoms with Crippen molar-refractivity contribution in [1.82, 2.24) is 0 Å². The molecule has 6 nitrogen and oxygen atoms in total. The van der Waals surface area contributed by atoms with Crippen LogP contribution in [0.25, 0.3) is 0 Å². The molecule has 90 valence electrons. The number of nitrogens with two attached hydrogens (primary N) is 1. The molecule has 7 heteroatoms. The topological polar surface area (TPSA) is 87.9 Å². The van der Waals surface area contributed by atoms with Crippen molar-refractivity contribution < 1.29 is 23.1 Å². The summed E-state index contributed by atoms with van der Waals surface area (Å²) in [6.45, 7) is 4.82. The SMILES string of the molecule is CCOP(=O)(OCC)C(C)(N)C(=O)OC. The fourth-order valence-electron chi connectivity index (χ4n) is 0.964. The molecule has 0 aromatic rings. The highest BCUT2D eigenvalue weighted by Gasteiger charge is 2.51. The third-order valence-electron chi connectivity index (χ3n) is 1.77. The van der Waals surface area contributed by atoms with Gasteiger partial charge in [0.05, 0.1) is 20.3 Å². The van der Waals surface area contributed by atoms with E-state index in [1.54, 1.807) is 13.8 Å². The van der Waals surface area contributed by atoms with E-state index in [1.165, 1.54) is 6.92 Å². The normalized spacial score (nSPS) is 15.8. The van der Waals surface area contributed by atoms with Gasteiger partial charge < -0.3 is 19.5 Å². The van der Waals surface area contributed by atoms with E-state index in [2.05, 4.69) is 4.74 Å². The van der Waals surface area contributed by atoms with E-state index in [4.69, 9.17) is 14.8 Å². The Kier molecular flexibility index (Phi) is 5.45. The fraction of sp³-hybridized carbons (Fsp3) is 0.875. The van der Waals surface area contributed by atoms with Crippen LogP contribution in [-0.2, 0) is 23.1 Å². The lowest BCUT2D eigenvalue weighted by Crippen LogP contribution is -2.46. The lowest BCUT2D eigenvalue weighted by molar-refractivity contribution is -0.143. The monoisotopic (exact) mass is 239 g/mol. The molecule has 0 aromatic heterocycles. The predicted molar refractivity (Wildman–Crippen MR) is 55.5 cm³/mol. The molecule has 0 aliphatic rings. The highest BCUT2D eigenvalue weighted by molar-refractivity contribution is 7.56. The molecule has 0 saturated carbocycles. The molecule has 0 saturated heterocycles. The number of hydrogen-bond acceptors (Lipinski definition) is 6. The number of esters is 1. The molecule has 1 unspecified atom stereocenters. The molecule has 0 radical (unpaired) electrons. The van der Waals surface area contributed by atoms with Gasteiger partial charge in [0.15, 0.2) is 0 Å². The quantitative estimate of drug-likeness (QED) is 0.551. The smallest absolute Gasteiger partial charge is 0.361 e. The van der Waals surface area contributed by atoms with Gasteiger partial charge >= 0.3 is 13.6 Å². The van der Waals surface area contributed by atoms with Gasteiger partial charge in [-0.1, -0.05) is 0 Å². The molecule has 0 aromatic carbocycles. The Hall–Kier alpha value is -0.420. The summed E-state index contributed by atoms with van der Waals surface area (Å²) < 4.78 is 26.6. The first-order chi connectivity index (χ1) is 6.85. The van der Waals surface area contributed by atoms with E-state index in [0.717, 1.165) is 7.11 Å². The lowest BCUT2D eigenvalue weighted by Gasteiger charge is -2.29. The summed E-state index contributed by atoms with van der Waals surface area (Å²) in [5.74, 6) is -0.826. The summed E-state index contributed by atoms with van der Waals surface area (Å²) in [4.78, 5) is 11.4. The third-order valence-corrected chi connectivity index (χ3v) is 4.28. The lowest BCUT2D eigenvalue weighted by atomic mass is 10.4. The summed E-state index contributed by atoms with van der Waals surface area (Å²) in [5, 5.41) is -1.78. The second kappa shape index (κ2) is 5.61. The number of hydrogen-bond donors (Lipinski definition) is 1. The van der Waals surface area contributed by atoms with E-state index in [-0.39, 0.29) is 13.2 Å². The van der Waals surface area contributed by atoms with Crippen LogP contribution >= 0.6 is 7.60 Å². The number of methoxy groups -OCH3 is 1. The van der Waals surface area contributed by atoms with Gasteiger partial charge in [-0.25, -0.2) is 4.79 Å². The van der Waals surface area contributed by atoms with Crippen LogP contribution in [0.3, 0.4) is 0 Å². The summed E-state index contributed by atoms with van der Waals surface area (Å²) >= 11 is 0. The van der Waals surface area contributed by atoms with E-state index < -0.39 is 18.8 Å². The second-order valence-electron chi connectivity index (χ2n) is 2.97. The highest BCUT2D eigenvalue weighted by Crippen LogP contribution is 2.57. The third kappa shape index (κ3) is 3.01. The van der Waals surface area contributed by atoms with Crippen LogP contribution < -0.4 is 5.73 Å². The summed E-state index contributed by atoms with van der Waals surface area (Å²) in [5.41, 5.74) is 5.63. The Labute approximate surface area is 89.6 Å². The molecule has 15 heavy (non-hydrogen) atoms. The zero-order valence-corrected chi connectivity index (χ0v) is 10.4. The van der Waals surface area contributed by atoms with Crippen LogP contribution in [0.5, 0.6) is 0 Å². The van der Waals surface area contributed by atoms with Crippen LogP contribution in [0.2, 0.25) is 0 Å². The minimum Gasteiger partial charge on any atom is -0.467 e. The van der Waals surface area contributed by atoms with Crippen molar-refractivity contribution in [2.45, 2.75) is 26.1 Å². The van der Waals surface area contributed by atoms with Gasteiger partial charge in [0.1, 0.15) is 0 Å². The number of carbonyl (C=O) groups excluding carboxylic acids is 1. The molecule has 0 rings (SSSR count). The Balaban J connectivity index is 5.05. The molecular formula is C8H18NO5P. The van der Waals surface area contributed by atoms with Gasteiger partial charge in [0, 0.05) is 0 Å². The van der Waals surface area contributed by atoms with E-state index in [1.807, 2.05) is 0 Å². The maximum atomic E-state index is 12.2. The van der Waals surface area contributed by atoms with Crippen molar-refractivity contribution >= 4 is 13.6 Å². The molecular weight excluding hydrogens is 221 g/mol. The van der Waals surface area contributed by atoms with E-state index in [9.17, 15) is 9.36 Å². The van der Waals surface area contributed by atoms with Crippen molar-refractivity contribution in [2.24, 2.45) is 5.73 Å². The standard InChI is InChI=1S/C8H18NO5P/c1-5-13-15(11,14-6-2)8(3,9)7(10)12-4/h5-6,9H2,1-4H3. The number of rotatable bonds is 6. The van der Waals surface area contributed by atoms with Gasteiger partial charge in [-0.05, 0) is 20.8 Å². The van der Waals surface area contributed by atoms with E-state index in [0.29, 0.717) is 0 Å². The van der Waals surface area contributed by atoms with Crippen molar-refractivity contribution in [3.8, 4) is 0 Å². The Morgan fingerprint density at radius 1 is 1.33 bits per heavy atom. The molecule has 1 atom stereocenters. The summed E-state index contributed by atoms with van der Waals surface area (Å²) in [6.07, 6.45) is 0. The number of ether oxygens (including phenoxy) is 1. The van der Waals surface area contributed by atoms with Gasteiger partial charge in [-0.2, -0.15) is 0 Å². The van der Waals surface area contributed by atoms with Gasteiger partial charge in [-0.3, -0.25) is 4.57 Å². The zero-order valence-electron chi connectivity index (χ0n) is 9.48. The molecule has 0 aliphatic heterocycles. The Bertz CT molecular complexity index is 256. The zero-order chi connectivity index (χ0) is 12.1. The second-order valence-corrected chi connectivity index (χ2v) is 5.41. The molecule has 0 bridgehead atoms. The summed E-state index contributed by atoms with van der Waals surface area (Å²) in [7, 11) is -2.53. The first-order valence-corrected chi connectivity index (χ1v) is 6.16. The Morgan fingerprint density at radius 2 is 1.73 bits per heavy atom. The molecule has 0 spiro atoms. The van der Waals surface area contributed by atoms with Crippen LogP contribution in [0.1, 0.15) is 20.8 Å². The molecule has 2 N–H and O–H groups in total. The van der Waals surface area contributed by atoms with Crippen molar-refractivity contribution in [3.05, 3.63) is 0 Å². The number of carbonyl (C=O) groups is 1. The Morgan fingerprint density at radius 3 is 2.00 bits per heavy atom. The highest BCUT2D eigenvalue weighted by atomic mass is 31.2. The van der Waals surface area contributed by atoms with Crippen molar-refractivity contribution in [3.63, 3.8) is 0 Å². The van der Waals surface area contributed by atoms with Crippen LogP contribution in [0, 0.1) is 0 Å². The van der Waals surface area contributed by atoms with E-state index >= 15 is 0 Å².